The summed E-state index contributed by atoms with van der Waals surface area (Å²) in [4.78, 5) is 12.7. The Morgan fingerprint density at radius 2 is 1.89 bits per heavy atom. The average molecular weight is 395 g/mol. The molecule has 1 aliphatic carbocycles. The fourth-order valence-corrected chi connectivity index (χ4v) is 5.55. The maximum Gasteiger partial charge on any atom is 0.243 e. The summed E-state index contributed by atoms with van der Waals surface area (Å²) in [5.41, 5.74) is 2.45. The molecule has 3 rings (SSSR count). The van der Waals surface area contributed by atoms with E-state index < -0.39 is 10.0 Å². The van der Waals surface area contributed by atoms with Gasteiger partial charge in [-0.1, -0.05) is 6.07 Å². The largest absolute Gasteiger partial charge is 0.383 e. The van der Waals surface area contributed by atoms with Crippen LogP contribution >= 0.6 is 0 Å². The minimum atomic E-state index is -3.49. The van der Waals surface area contributed by atoms with Crippen molar-refractivity contribution < 1.29 is 17.9 Å². The molecule has 1 heterocycles. The van der Waals surface area contributed by atoms with Gasteiger partial charge in [0, 0.05) is 32.2 Å². The molecule has 1 amide bonds. The van der Waals surface area contributed by atoms with Gasteiger partial charge in [-0.15, -0.1) is 0 Å². The zero-order valence-electron chi connectivity index (χ0n) is 16.2. The van der Waals surface area contributed by atoms with E-state index in [4.69, 9.17) is 4.74 Å². The molecular weight excluding hydrogens is 364 g/mol. The van der Waals surface area contributed by atoms with Crippen molar-refractivity contribution in [2.24, 2.45) is 5.92 Å². The first-order chi connectivity index (χ1) is 12.9. The second-order valence-electron chi connectivity index (χ2n) is 7.68. The van der Waals surface area contributed by atoms with Gasteiger partial charge in [0.2, 0.25) is 15.9 Å². The number of sulfonamides is 1. The van der Waals surface area contributed by atoms with Crippen molar-refractivity contribution in [3.05, 3.63) is 29.3 Å². The fraction of sp³-hybridized carbons (Fsp3) is 0.650. The second-order valence-corrected chi connectivity index (χ2v) is 9.62. The smallest absolute Gasteiger partial charge is 0.243 e. The SMILES string of the molecule is COCC(C)NC(=O)C1CCN(S(=O)(=O)c2ccc3c(c2)CCCC3)CC1. The van der Waals surface area contributed by atoms with E-state index in [1.807, 2.05) is 19.1 Å². The standard InChI is InChI=1S/C20H30N2O4S/c1-15(14-26-2)21-20(23)17-9-11-22(12-10-17)27(24,25)19-8-7-16-5-3-4-6-18(16)13-19/h7-8,13,15,17H,3-6,9-12,14H2,1-2H3,(H,21,23). The van der Waals surface area contributed by atoms with E-state index in [0.29, 0.717) is 37.4 Å². The molecular formula is C20H30N2O4S. The maximum absolute atomic E-state index is 13.0. The summed E-state index contributed by atoms with van der Waals surface area (Å²) in [5, 5.41) is 2.94. The number of fused-ring (bicyclic) bond motifs is 1. The number of hydrogen-bond acceptors (Lipinski definition) is 4. The molecule has 0 spiro atoms. The van der Waals surface area contributed by atoms with Crippen molar-refractivity contribution in [3.8, 4) is 0 Å². The van der Waals surface area contributed by atoms with E-state index in [-0.39, 0.29) is 17.9 Å². The zero-order chi connectivity index (χ0) is 19.4. The van der Waals surface area contributed by atoms with Crippen LogP contribution in [0.1, 0.15) is 43.7 Å². The summed E-state index contributed by atoms with van der Waals surface area (Å²) in [6, 6.07) is 5.53. The summed E-state index contributed by atoms with van der Waals surface area (Å²) in [7, 11) is -1.89. The van der Waals surface area contributed by atoms with Crippen molar-refractivity contribution in [2.45, 2.75) is 56.4 Å². The van der Waals surface area contributed by atoms with E-state index in [9.17, 15) is 13.2 Å². The third-order valence-corrected chi connectivity index (χ3v) is 7.48. The molecule has 27 heavy (non-hydrogen) atoms. The minimum Gasteiger partial charge on any atom is -0.383 e. The van der Waals surface area contributed by atoms with Gasteiger partial charge in [-0.3, -0.25) is 4.79 Å². The molecule has 1 aromatic carbocycles. The monoisotopic (exact) mass is 394 g/mol. The van der Waals surface area contributed by atoms with E-state index in [2.05, 4.69) is 5.32 Å². The molecule has 1 unspecified atom stereocenters. The lowest BCUT2D eigenvalue weighted by Gasteiger charge is -2.31. The molecule has 1 fully saturated rings. The van der Waals surface area contributed by atoms with Crippen LogP contribution in [0.25, 0.3) is 0 Å². The fourth-order valence-electron chi connectivity index (χ4n) is 4.03. The van der Waals surface area contributed by atoms with Crippen LogP contribution < -0.4 is 5.32 Å². The Balaban J connectivity index is 1.62. The Morgan fingerprint density at radius 1 is 1.22 bits per heavy atom. The number of amides is 1. The van der Waals surface area contributed by atoms with Gasteiger partial charge in [-0.25, -0.2) is 8.42 Å². The molecule has 2 aliphatic rings. The number of piperidine rings is 1. The van der Waals surface area contributed by atoms with Crippen LogP contribution in [0.3, 0.4) is 0 Å². The van der Waals surface area contributed by atoms with E-state index in [1.165, 1.54) is 21.9 Å². The lowest BCUT2D eigenvalue weighted by molar-refractivity contribution is -0.127. The van der Waals surface area contributed by atoms with Gasteiger partial charge >= 0.3 is 0 Å². The average Bonchev–Trinajstić information content (AvgIpc) is 2.67. The molecule has 150 valence electrons. The van der Waals surface area contributed by atoms with Crippen LogP contribution in [0.5, 0.6) is 0 Å². The number of ether oxygens (including phenoxy) is 1. The number of benzene rings is 1. The predicted octanol–water partition coefficient (Wildman–Crippen LogP) is 2.12. The van der Waals surface area contributed by atoms with Crippen molar-refractivity contribution in [1.29, 1.82) is 0 Å². The topological polar surface area (TPSA) is 75.7 Å². The van der Waals surface area contributed by atoms with Gasteiger partial charge < -0.3 is 10.1 Å². The van der Waals surface area contributed by atoms with E-state index in [0.717, 1.165) is 19.3 Å². The Kier molecular flexibility index (Phi) is 6.55. The highest BCUT2D eigenvalue weighted by molar-refractivity contribution is 7.89. The molecule has 6 nitrogen and oxygen atoms in total. The lowest BCUT2D eigenvalue weighted by Crippen LogP contribution is -2.45. The van der Waals surface area contributed by atoms with Gasteiger partial charge in [0.1, 0.15) is 0 Å². The minimum absolute atomic E-state index is 0.00891. The third kappa shape index (κ3) is 4.70. The van der Waals surface area contributed by atoms with Gasteiger partial charge in [-0.2, -0.15) is 4.31 Å². The molecule has 0 bridgehead atoms. The Morgan fingerprint density at radius 3 is 2.56 bits per heavy atom. The van der Waals surface area contributed by atoms with Gasteiger partial charge in [0.25, 0.3) is 0 Å². The highest BCUT2D eigenvalue weighted by Crippen LogP contribution is 2.28. The van der Waals surface area contributed by atoms with Crippen LogP contribution in [0.2, 0.25) is 0 Å². The Labute approximate surface area is 162 Å². The van der Waals surface area contributed by atoms with Crippen LogP contribution in [-0.2, 0) is 32.4 Å². The first-order valence-corrected chi connectivity index (χ1v) is 11.3. The third-order valence-electron chi connectivity index (χ3n) is 5.59. The number of carbonyl (C=O) groups excluding carboxylic acids is 1. The molecule has 1 aliphatic heterocycles. The van der Waals surface area contributed by atoms with Crippen LogP contribution in [0.4, 0.5) is 0 Å². The normalized spacial score (nSPS) is 20.1. The number of nitrogens with zero attached hydrogens (tertiary/aromatic N) is 1. The lowest BCUT2D eigenvalue weighted by atomic mass is 9.92. The van der Waals surface area contributed by atoms with Crippen LogP contribution in [0, 0.1) is 5.92 Å². The summed E-state index contributed by atoms with van der Waals surface area (Å²) >= 11 is 0. The van der Waals surface area contributed by atoms with Crippen LogP contribution in [0.15, 0.2) is 23.1 Å². The van der Waals surface area contributed by atoms with Gasteiger partial charge in [0.15, 0.2) is 0 Å². The summed E-state index contributed by atoms with van der Waals surface area (Å²) in [6.07, 6.45) is 5.40. The number of aryl methyl sites for hydroxylation is 2. The number of methoxy groups -OCH3 is 1. The highest BCUT2D eigenvalue weighted by Gasteiger charge is 2.32. The molecule has 0 saturated carbocycles. The number of hydrogen-bond donors (Lipinski definition) is 1. The van der Waals surface area contributed by atoms with Crippen LogP contribution in [-0.4, -0.2) is 51.5 Å². The van der Waals surface area contributed by atoms with E-state index in [1.54, 1.807) is 13.2 Å². The van der Waals surface area contributed by atoms with Gasteiger partial charge in [0.05, 0.1) is 11.5 Å². The number of nitrogens with one attached hydrogen (secondary N) is 1. The summed E-state index contributed by atoms with van der Waals surface area (Å²) in [5.74, 6) is -0.148. The second kappa shape index (κ2) is 8.71. The molecule has 1 aromatic rings. The molecule has 1 atom stereocenters. The summed E-state index contributed by atoms with van der Waals surface area (Å²) in [6.45, 7) is 3.14. The molecule has 0 aromatic heterocycles. The van der Waals surface area contributed by atoms with Crippen molar-refractivity contribution in [2.75, 3.05) is 26.8 Å². The Bertz CT molecular complexity index is 770. The predicted molar refractivity (Wildman–Crippen MR) is 104 cm³/mol. The van der Waals surface area contributed by atoms with Crippen molar-refractivity contribution >= 4 is 15.9 Å². The van der Waals surface area contributed by atoms with Crippen molar-refractivity contribution in [3.63, 3.8) is 0 Å². The molecule has 0 radical (unpaired) electrons. The maximum atomic E-state index is 13.0. The quantitative estimate of drug-likeness (QED) is 0.802. The molecule has 7 heteroatoms. The number of rotatable bonds is 6. The molecule has 1 N–H and O–H groups in total. The van der Waals surface area contributed by atoms with E-state index >= 15 is 0 Å². The van der Waals surface area contributed by atoms with Gasteiger partial charge in [-0.05, 0) is 68.7 Å². The first-order valence-electron chi connectivity index (χ1n) is 9.83. The zero-order valence-corrected chi connectivity index (χ0v) is 17.1. The Hall–Kier alpha value is -1.44. The van der Waals surface area contributed by atoms with Crippen molar-refractivity contribution in [1.82, 2.24) is 9.62 Å². The number of carbonyl (C=O) groups is 1. The first kappa shape index (κ1) is 20.3. The molecule has 1 saturated heterocycles. The highest BCUT2D eigenvalue weighted by atomic mass is 32.2. The summed E-state index contributed by atoms with van der Waals surface area (Å²) < 4.78 is 32.6.